The molecule has 6 nitrogen and oxygen atoms in total. The maximum absolute atomic E-state index is 11.9. The Kier molecular flexibility index (Phi) is 8.78. The lowest BCUT2D eigenvalue weighted by atomic mass is 10.3. The molecule has 2 rings (SSSR count). The third-order valence-electron chi connectivity index (χ3n) is 2.81. The first-order chi connectivity index (χ1) is 10.7. The third kappa shape index (κ3) is 6.26. The van der Waals surface area contributed by atoms with Gasteiger partial charge in [0.15, 0.2) is 0 Å². The van der Waals surface area contributed by atoms with Gasteiger partial charge in [-0.3, -0.25) is 9.59 Å². The van der Waals surface area contributed by atoms with E-state index in [1.165, 1.54) is 22.7 Å². The Bertz CT molecular complexity index is 616. The molecule has 23 heavy (non-hydrogen) atoms. The van der Waals surface area contributed by atoms with Crippen LogP contribution in [-0.2, 0) is 6.42 Å². The monoisotopic (exact) mass is 374 g/mol. The van der Waals surface area contributed by atoms with Crippen LogP contribution in [0.4, 0.5) is 0 Å². The zero-order valence-corrected chi connectivity index (χ0v) is 14.9. The summed E-state index contributed by atoms with van der Waals surface area (Å²) in [6.45, 7) is 1.54. The predicted molar refractivity (Wildman–Crippen MR) is 95.7 cm³/mol. The van der Waals surface area contributed by atoms with Gasteiger partial charge in [-0.25, -0.2) is 4.98 Å². The van der Waals surface area contributed by atoms with E-state index in [2.05, 4.69) is 15.6 Å². The number of hydrogen-bond donors (Lipinski definition) is 3. The molecule has 0 aromatic carbocycles. The molecule has 2 aromatic rings. The van der Waals surface area contributed by atoms with E-state index in [4.69, 9.17) is 5.73 Å². The second kappa shape index (κ2) is 10.3. The van der Waals surface area contributed by atoms with Gasteiger partial charge in [-0.2, -0.15) is 0 Å². The average Bonchev–Trinajstić information content (AvgIpc) is 3.18. The fraction of sp³-hybridized carbons (Fsp3) is 0.357. The summed E-state index contributed by atoms with van der Waals surface area (Å²) >= 11 is 2.85. The Morgan fingerprint density at radius 2 is 1.91 bits per heavy atom. The smallest absolute Gasteiger partial charge is 0.270 e. The van der Waals surface area contributed by atoms with E-state index in [0.717, 1.165) is 5.01 Å². The van der Waals surface area contributed by atoms with Gasteiger partial charge in [0.1, 0.15) is 5.69 Å². The molecule has 0 aliphatic heterocycles. The zero-order chi connectivity index (χ0) is 15.8. The van der Waals surface area contributed by atoms with Crippen molar-refractivity contribution in [1.29, 1.82) is 0 Å². The summed E-state index contributed by atoms with van der Waals surface area (Å²) in [5.74, 6) is -0.267. The minimum atomic E-state index is -0.191. The first-order valence-electron chi connectivity index (χ1n) is 6.95. The Hall–Kier alpha value is -1.48. The molecule has 0 bridgehead atoms. The molecule has 0 aliphatic carbocycles. The molecular weight excluding hydrogens is 356 g/mol. The minimum absolute atomic E-state index is 0. The Morgan fingerprint density at radius 1 is 1.17 bits per heavy atom. The molecule has 2 amide bonds. The number of nitrogens with one attached hydrogen (secondary N) is 2. The molecule has 0 radical (unpaired) electrons. The fourth-order valence-corrected chi connectivity index (χ4v) is 3.17. The van der Waals surface area contributed by atoms with E-state index in [9.17, 15) is 9.59 Å². The highest BCUT2D eigenvalue weighted by Crippen LogP contribution is 2.10. The lowest BCUT2D eigenvalue weighted by Gasteiger charge is -2.05. The van der Waals surface area contributed by atoms with Crippen molar-refractivity contribution >= 4 is 46.9 Å². The number of carbonyl (C=O) groups excluding carboxylic acids is 2. The number of carbonyl (C=O) groups is 2. The molecular formula is C14H19ClN4O2S2. The van der Waals surface area contributed by atoms with Crippen LogP contribution in [0.1, 0.15) is 31.6 Å². The summed E-state index contributed by atoms with van der Waals surface area (Å²) in [5.41, 5.74) is 5.88. The van der Waals surface area contributed by atoms with Crippen molar-refractivity contribution in [2.75, 3.05) is 19.6 Å². The molecule has 0 saturated carbocycles. The first-order valence-corrected chi connectivity index (χ1v) is 8.71. The average molecular weight is 375 g/mol. The number of rotatable bonds is 8. The molecule has 0 atom stereocenters. The van der Waals surface area contributed by atoms with E-state index < -0.39 is 0 Å². The van der Waals surface area contributed by atoms with Gasteiger partial charge >= 0.3 is 0 Å². The summed E-state index contributed by atoms with van der Waals surface area (Å²) in [4.78, 5) is 28.5. The number of thiazole rings is 1. The topological polar surface area (TPSA) is 97.1 Å². The van der Waals surface area contributed by atoms with Crippen LogP contribution in [0.15, 0.2) is 22.9 Å². The third-order valence-corrected chi connectivity index (χ3v) is 4.59. The number of nitrogens with two attached hydrogens (primary N) is 1. The number of amides is 2. The fourth-order valence-electron chi connectivity index (χ4n) is 1.73. The van der Waals surface area contributed by atoms with Gasteiger partial charge in [0, 0.05) is 24.9 Å². The lowest BCUT2D eigenvalue weighted by molar-refractivity contribution is 0.0948. The quantitative estimate of drug-likeness (QED) is 0.612. The van der Waals surface area contributed by atoms with Gasteiger partial charge in [0.25, 0.3) is 11.8 Å². The van der Waals surface area contributed by atoms with Crippen molar-refractivity contribution in [3.8, 4) is 0 Å². The molecule has 0 fully saturated rings. The van der Waals surface area contributed by atoms with Crippen molar-refractivity contribution in [3.63, 3.8) is 0 Å². The summed E-state index contributed by atoms with van der Waals surface area (Å²) in [5, 5.41) is 10.1. The second-order valence-electron chi connectivity index (χ2n) is 4.51. The van der Waals surface area contributed by atoms with Crippen LogP contribution in [0.2, 0.25) is 0 Å². The van der Waals surface area contributed by atoms with Crippen LogP contribution in [0.3, 0.4) is 0 Å². The van der Waals surface area contributed by atoms with Crippen LogP contribution in [0.5, 0.6) is 0 Å². The van der Waals surface area contributed by atoms with Gasteiger partial charge in [0.2, 0.25) is 0 Å². The van der Waals surface area contributed by atoms with Crippen LogP contribution in [0.25, 0.3) is 0 Å². The molecule has 0 spiro atoms. The van der Waals surface area contributed by atoms with E-state index in [-0.39, 0.29) is 24.2 Å². The Balaban J connectivity index is 0.00000264. The molecule has 0 saturated heterocycles. The largest absolute Gasteiger partial charge is 0.351 e. The Labute approximate surface area is 148 Å². The van der Waals surface area contributed by atoms with E-state index >= 15 is 0 Å². The van der Waals surface area contributed by atoms with E-state index in [1.807, 2.05) is 11.4 Å². The molecule has 4 N–H and O–H groups in total. The number of halogens is 1. The minimum Gasteiger partial charge on any atom is -0.351 e. The number of hydrogen-bond acceptors (Lipinski definition) is 6. The van der Waals surface area contributed by atoms with Crippen LogP contribution in [0, 0.1) is 0 Å². The van der Waals surface area contributed by atoms with Crippen LogP contribution in [-0.4, -0.2) is 36.4 Å². The maximum atomic E-state index is 11.9. The summed E-state index contributed by atoms with van der Waals surface area (Å²) in [7, 11) is 0. The van der Waals surface area contributed by atoms with Gasteiger partial charge in [0.05, 0.1) is 9.88 Å². The summed E-state index contributed by atoms with van der Waals surface area (Å²) < 4.78 is 0. The predicted octanol–water partition coefficient (Wildman–Crippen LogP) is 1.68. The molecule has 0 aliphatic rings. The standard InChI is InChI=1S/C14H18N4O2S2.ClH/c15-5-4-12-18-10(9-22-12)13(19)16-6-2-7-17-14(20)11-3-1-8-21-11;/h1,3,8-9H,2,4-7,15H2,(H,16,19)(H,17,20);1H. The highest BCUT2D eigenvalue weighted by Gasteiger charge is 2.10. The van der Waals surface area contributed by atoms with Gasteiger partial charge in [-0.1, -0.05) is 6.07 Å². The first kappa shape index (κ1) is 19.6. The van der Waals surface area contributed by atoms with E-state index in [1.54, 1.807) is 11.4 Å². The van der Waals surface area contributed by atoms with Crippen LogP contribution >= 0.6 is 35.1 Å². The molecule has 126 valence electrons. The van der Waals surface area contributed by atoms with Gasteiger partial charge < -0.3 is 16.4 Å². The van der Waals surface area contributed by atoms with Gasteiger partial charge in [-0.15, -0.1) is 35.1 Å². The SMILES string of the molecule is Cl.NCCc1nc(C(=O)NCCCNC(=O)c2cccs2)cs1. The zero-order valence-electron chi connectivity index (χ0n) is 12.4. The maximum Gasteiger partial charge on any atom is 0.270 e. The van der Waals surface area contributed by atoms with E-state index in [0.29, 0.717) is 43.0 Å². The highest BCUT2D eigenvalue weighted by molar-refractivity contribution is 7.12. The number of aromatic nitrogens is 1. The van der Waals surface area contributed by atoms with Crippen molar-refractivity contribution in [2.24, 2.45) is 5.73 Å². The highest BCUT2D eigenvalue weighted by atomic mass is 35.5. The van der Waals surface area contributed by atoms with Crippen molar-refractivity contribution in [2.45, 2.75) is 12.8 Å². The van der Waals surface area contributed by atoms with Crippen molar-refractivity contribution in [3.05, 3.63) is 38.5 Å². The van der Waals surface area contributed by atoms with Crippen molar-refractivity contribution in [1.82, 2.24) is 15.6 Å². The normalized spacial score (nSPS) is 9.96. The number of nitrogens with zero attached hydrogens (tertiary/aromatic N) is 1. The van der Waals surface area contributed by atoms with Crippen LogP contribution < -0.4 is 16.4 Å². The molecule has 2 heterocycles. The Morgan fingerprint density at radius 3 is 2.57 bits per heavy atom. The summed E-state index contributed by atoms with van der Waals surface area (Å²) in [6.07, 6.45) is 1.36. The molecule has 2 aromatic heterocycles. The van der Waals surface area contributed by atoms with Crippen molar-refractivity contribution < 1.29 is 9.59 Å². The summed E-state index contributed by atoms with van der Waals surface area (Å²) in [6, 6.07) is 3.62. The molecule has 0 unspecified atom stereocenters. The second-order valence-corrected chi connectivity index (χ2v) is 6.40. The molecule has 9 heteroatoms. The lowest BCUT2D eigenvalue weighted by Crippen LogP contribution is -2.29. The number of thiophene rings is 1. The van der Waals surface area contributed by atoms with Gasteiger partial charge in [-0.05, 0) is 24.4 Å².